The van der Waals surface area contributed by atoms with E-state index in [4.69, 9.17) is 0 Å². The third-order valence-corrected chi connectivity index (χ3v) is 3.57. The zero-order valence-corrected chi connectivity index (χ0v) is 10.5. The molecule has 0 bridgehead atoms. The smallest absolute Gasteiger partial charge is 0.0755 e. The number of aryl methyl sites for hydroxylation is 1. The first kappa shape index (κ1) is 11.4. The van der Waals surface area contributed by atoms with Gasteiger partial charge in [-0.05, 0) is 31.7 Å². The fraction of sp³-hybridized carbons (Fsp3) is 0.417. The highest BCUT2D eigenvalue weighted by Gasteiger charge is 2.02. The minimum Gasteiger partial charge on any atom is -0.312 e. The van der Waals surface area contributed by atoms with Crippen LogP contribution in [0.25, 0.3) is 0 Å². The maximum atomic E-state index is 4.29. The minimum absolute atomic E-state index is 0.885. The monoisotopic (exact) mass is 235 g/mol. The normalized spacial score (nSPS) is 10.9. The lowest BCUT2D eigenvalue weighted by atomic mass is 10.4. The van der Waals surface area contributed by atoms with Crippen molar-refractivity contribution in [3.05, 3.63) is 39.8 Å². The van der Waals surface area contributed by atoms with E-state index in [1.807, 2.05) is 28.3 Å². The van der Waals surface area contributed by atoms with Crippen molar-refractivity contribution in [1.29, 1.82) is 0 Å². The molecular formula is C12H17N3S. The Bertz CT molecular complexity index is 445. The molecule has 0 spiro atoms. The fourth-order valence-corrected chi connectivity index (χ4v) is 2.53. The van der Waals surface area contributed by atoms with Crippen molar-refractivity contribution < 1.29 is 0 Å². The van der Waals surface area contributed by atoms with Gasteiger partial charge in [-0.3, -0.25) is 4.68 Å². The fourth-order valence-electron chi connectivity index (χ4n) is 1.56. The lowest BCUT2D eigenvalue weighted by Crippen LogP contribution is -2.10. The Morgan fingerprint density at radius 1 is 1.31 bits per heavy atom. The van der Waals surface area contributed by atoms with E-state index < -0.39 is 0 Å². The molecule has 0 saturated heterocycles. The molecule has 0 aliphatic heterocycles. The summed E-state index contributed by atoms with van der Waals surface area (Å²) in [4.78, 5) is 2.75. The maximum absolute atomic E-state index is 4.29. The standard InChI is InChI=1S/C12H17N3S/c1-3-13-8-11-4-5-12(16-11)9-15-10(2)6-7-14-15/h4-7,13H,3,8-9H2,1-2H3. The summed E-state index contributed by atoms with van der Waals surface area (Å²) in [6.45, 7) is 7.09. The molecule has 2 aromatic heterocycles. The molecule has 0 radical (unpaired) electrons. The molecule has 2 aromatic rings. The number of nitrogens with zero attached hydrogens (tertiary/aromatic N) is 2. The van der Waals surface area contributed by atoms with Gasteiger partial charge in [0.15, 0.2) is 0 Å². The van der Waals surface area contributed by atoms with Crippen molar-refractivity contribution in [3.63, 3.8) is 0 Å². The van der Waals surface area contributed by atoms with Crippen molar-refractivity contribution in [1.82, 2.24) is 15.1 Å². The Balaban J connectivity index is 2.00. The Morgan fingerprint density at radius 2 is 2.12 bits per heavy atom. The van der Waals surface area contributed by atoms with E-state index >= 15 is 0 Å². The van der Waals surface area contributed by atoms with E-state index in [9.17, 15) is 0 Å². The van der Waals surface area contributed by atoms with Crippen LogP contribution < -0.4 is 5.32 Å². The van der Waals surface area contributed by atoms with E-state index in [0.29, 0.717) is 0 Å². The first-order valence-corrected chi connectivity index (χ1v) is 6.38. The van der Waals surface area contributed by atoms with Gasteiger partial charge in [0.1, 0.15) is 0 Å². The summed E-state index contributed by atoms with van der Waals surface area (Å²) in [5.74, 6) is 0. The quantitative estimate of drug-likeness (QED) is 0.862. The third kappa shape index (κ3) is 2.71. The van der Waals surface area contributed by atoms with Crippen molar-refractivity contribution in [2.24, 2.45) is 0 Å². The summed E-state index contributed by atoms with van der Waals surface area (Å²) in [6.07, 6.45) is 1.85. The van der Waals surface area contributed by atoms with E-state index in [1.165, 1.54) is 15.4 Å². The SMILES string of the molecule is CCNCc1ccc(Cn2nccc2C)s1. The van der Waals surface area contributed by atoms with Gasteiger partial charge < -0.3 is 5.32 Å². The second-order valence-electron chi connectivity index (χ2n) is 3.78. The Morgan fingerprint density at radius 3 is 2.81 bits per heavy atom. The summed E-state index contributed by atoms with van der Waals surface area (Å²) >= 11 is 1.86. The van der Waals surface area contributed by atoms with Crippen LogP contribution in [0.1, 0.15) is 22.4 Å². The Kier molecular flexibility index (Phi) is 3.74. The van der Waals surface area contributed by atoms with E-state index in [-0.39, 0.29) is 0 Å². The summed E-state index contributed by atoms with van der Waals surface area (Å²) in [6, 6.07) is 6.42. The summed E-state index contributed by atoms with van der Waals surface area (Å²) < 4.78 is 2.03. The van der Waals surface area contributed by atoms with E-state index in [0.717, 1.165) is 19.6 Å². The first-order chi connectivity index (χ1) is 7.79. The second-order valence-corrected chi connectivity index (χ2v) is 5.03. The molecule has 4 heteroatoms. The van der Waals surface area contributed by atoms with E-state index in [2.05, 4.69) is 36.4 Å². The predicted octanol–water partition coefficient (Wildman–Crippen LogP) is 2.41. The zero-order valence-electron chi connectivity index (χ0n) is 9.73. The molecule has 0 aliphatic carbocycles. The van der Waals surface area contributed by atoms with Gasteiger partial charge in [0, 0.05) is 28.2 Å². The molecule has 0 fully saturated rings. The van der Waals surface area contributed by atoms with Crippen molar-refractivity contribution >= 4 is 11.3 Å². The molecule has 1 N–H and O–H groups in total. The van der Waals surface area contributed by atoms with Crippen LogP contribution in [0, 0.1) is 6.92 Å². The number of thiophene rings is 1. The summed E-state index contributed by atoms with van der Waals surface area (Å²) in [7, 11) is 0. The topological polar surface area (TPSA) is 29.9 Å². The number of aromatic nitrogens is 2. The van der Waals surface area contributed by atoms with Gasteiger partial charge in [-0.25, -0.2) is 0 Å². The van der Waals surface area contributed by atoms with Crippen LogP contribution in [0.15, 0.2) is 24.4 Å². The van der Waals surface area contributed by atoms with Crippen LogP contribution in [-0.4, -0.2) is 16.3 Å². The van der Waals surface area contributed by atoms with Crippen LogP contribution in [0.5, 0.6) is 0 Å². The lowest BCUT2D eigenvalue weighted by molar-refractivity contribution is 0.672. The maximum Gasteiger partial charge on any atom is 0.0755 e. The van der Waals surface area contributed by atoms with Crippen LogP contribution in [0.4, 0.5) is 0 Å². The van der Waals surface area contributed by atoms with Gasteiger partial charge in [-0.2, -0.15) is 5.10 Å². The summed E-state index contributed by atoms with van der Waals surface area (Å²) in [5.41, 5.74) is 1.21. The van der Waals surface area contributed by atoms with Gasteiger partial charge in [0.25, 0.3) is 0 Å². The molecule has 0 aromatic carbocycles. The molecular weight excluding hydrogens is 218 g/mol. The molecule has 0 saturated carbocycles. The second kappa shape index (κ2) is 5.27. The van der Waals surface area contributed by atoms with Gasteiger partial charge in [0.2, 0.25) is 0 Å². The highest BCUT2D eigenvalue weighted by molar-refractivity contribution is 7.11. The van der Waals surface area contributed by atoms with Crippen molar-refractivity contribution in [3.8, 4) is 0 Å². The number of hydrogen-bond acceptors (Lipinski definition) is 3. The average Bonchev–Trinajstić information content (AvgIpc) is 2.87. The molecule has 0 aliphatic rings. The van der Waals surface area contributed by atoms with Crippen molar-refractivity contribution in [2.75, 3.05) is 6.54 Å². The third-order valence-electron chi connectivity index (χ3n) is 2.50. The Hall–Kier alpha value is -1.13. The first-order valence-electron chi connectivity index (χ1n) is 5.56. The van der Waals surface area contributed by atoms with Crippen LogP contribution in [-0.2, 0) is 13.1 Å². The highest BCUT2D eigenvalue weighted by Crippen LogP contribution is 2.17. The highest BCUT2D eigenvalue weighted by atomic mass is 32.1. The molecule has 3 nitrogen and oxygen atoms in total. The molecule has 0 atom stereocenters. The molecule has 0 unspecified atom stereocenters. The van der Waals surface area contributed by atoms with Crippen LogP contribution in [0.3, 0.4) is 0 Å². The van der Waals surface area contributed by atoms with E-state index in [1.54, 1.807) is 0 Å². The molecule has 16 heavy (non-hydrogen) atoms. The van der Waals surface area contributed by atoms with Gasteiger partial charge in [-0.15, -0.1) is 11.3 Å². The van der Waals surface area contributed by atoms with Gasteiger partial charge in [0.05, 0.1) is 6.54 Å². The number of hydrogen-bond donors (Lipinski definition) is 1. The number of rotatable bonds is 5. The molecule has 86 valence electrons. The molecule has 2 rings (SSSR count). The predicted molar refractivity (Wildman–Crippen MR) is 67.8 cm³/mol. The molecule has 0 amide bonds. The summed E-state index contributed by atoms with van der Waals surface area (Å²) in [5, 5.41) is 7.63. The minimum atomic E-state index is 0.885. The van der Waals surface area contributed by atoms with Crippen LogP contribution >= 0.6 is 11.3 Å². The van der Waals surface area contributed by atoms with Crippen molar-refractivity contribution in [2.45, 2.75) is 26.9 Å². The molecule has 2 heterocycles. The Labute approximate surface area is 100 Å². The lowest BCUT2D eigenvalue weighted by Gasteiger charge is -2.01. The largest absolute Gasteiger partial charge is 0.312 e. The number of nitrogens with one attached hydrogen (secondary N) is 1. The zero-order chi connectivity index (χ0) is 11.4. The van der Waals surface area contributed by atoms with Gasteiger partial charge >= 0.3 is 0 Å². The average molecular weight is 235 g/mol. The van der Waals surface area contributed by atoms with Crippen LogP contribution in [0.2, 0.25) is 0 Å². The van der Waals surface area contributed by atoms with Gasteiger partial charge in [-0.1, -0.05) is 6.92 Å².